The Morgan fingerprint density at radius 2 is 1.43 bits per heavy atom. The van der Waals surface area contributed by atoms with Gasteiger partial charge in [0.15, 0.2) is 0 Å². The first-order chi connectivity index (χ1) is 6.81. The average Bonchev–Trinajstić information content (AvgIpc) is 2.19. The van der Waals surface area contributed by atoms with E-state index in [1.165, 1.54) is 12.8 Å². The average molecular weight is 202 g/mol. The fourth-order valence-corrected chi connectivity index (χ4v) is 1.57. The summed E-state index contributed by atoms with van der Waals surface area (Å²) in [5.74, 6) is 0. The summed E-state index contributed by atoms with van der Waals surface area (Å²) >= 11 is 0. The van der Waals surface area contributed by atoms with E-state index in [2.05, 4.69) is 0 Å². The normalized spacial score (nSPS) is 13.1. The second-order valence-corrected chi connectivity index (χ2v) is 3.97. The van der Waals surface area contributed by atoms with E-state index in [0.29, 0.717) is 12.6 Å². The Bertz CT molecular complexity index is 97.5. The number of nitrogens with two attached hydrogens (primary N) is 2. The minimum atomic E-state index is 0.311. The Morgan fingerprint density at radius 3 is 1.93 bits per heavy atom. The van der Waals surface area contributed by atoms with Crippen molar-refractivity contribution in [2.45, 2.75) is 57.4 Å². The number of hydrogen-bond acceptors (Lipinski definition) is 3. The number of hydrogen-bond donors (Lipinski definition) is 3. The van der Waals surface area contributed by atoms with Crippen LogP contribution in [0, 0.1) is 0 Å². The maximum atomic E-state index is 8.59. The third-order valence-corrected chi connectivity index (χ3v) is 2.51. The molecule has 0 saturated heterocycles. The van der Waals surface area contributed by atoms with Crippen molar-refractivity contribution in [1.82, 2.24) is 0 Å². The number of aliphatic hydroxyl groups excluding tert-OH is 1. The lowest BCUT2D eigenvalue weighted by molar-refractivity contribution is 0.281. The van der Waals surface area contributed by atoms with E-state index in [1.807, 2.05) is 0 Å². The molecule has 0 aliphatic rings. The van der Waals surface area contributed by atoms with Crippen LogP contribution in [0.4, 0.5) is 0 Å². The molecular formula is C11H26N2O. The van der Waals surface area contributed by atoms with Crippen molar-refractivity contribution in [3.63, 3.8) is 0 Å². The van der Waals surface area contributed by atoms with Gasteiger partial charge in [-0.2, -0.15) is 0 Å². The topological polar surface area (TPSA) is 72.3 Å². The van der Waals surface area contributed by atoms with Crippen LogP contribution in [0.15, 0.2) is 0 Å². The third-order valence-electron chi connectivity index (χ3n) is 2.51. The molecule has 0 radical (unpaired) electrons. The van der Waals surface area contributed by atoms with Gasteiger partial charge in [0.25, 0.3) is 0 Å². The molecule has 1 atom stereocenters. The second kappa shape index (κ2) is 11.0. The molecule has 0 aromatic rings. The lowest BCUT2D eigenvalue weighted by atomic mass is 10.0. The Balaban J connectivity index is 3.07. The summed E-state index contributed by atoms with van der Waals surface area (Å²) in [5.41, 5.74) is 11.3. The molecule has 0 saturated carbocycles. The quantitative estimate of drug-likeness (QED) is 0.469. The van der Waals surface area contributed by atoms with Crippen LogP contribution < -0.4 is 11.5 Å². The van der Waals surface area contributed by atoms with Gasteiger partial charge >= 0.3 is 0 Å². The minimum Gasteiger partial charge on any atom is -0.396 e. The summed E-state index contributed by atoms with van der Waals surface area (Å²) in [4.78, 5) is 0. The van der Waals surface area contributed by atoms with Crippen LogP contribution in [-0.4, -0.2) is 24.3 Å². The first-order valence-electron chi connectivity index (χ1n) is 5.87. The fraction of sp³-hybridized carbons (Fsp3) is 1.00. The summed E-state index contributed by atoms with van der Waals surface area (Å²) in [6.07, 6.45) is 8.93. The van der Waals surface area contributed by atoms with E-state index in [4.69, 9.17) is 16.6 Å². The van der Waals surface area contributed by atoms with Crippen molar-refractivity contribution in [3.8, 4) is 0 Å². The highest BCUT2D eigenvalue weighted by molar-refractivity contribution is 4.61. The zero-order chi connectivity index (χ0) is 10.6. The van der Waals surface area contributed by atoms with E-state index in [-0.39, 0.29) is 0 Å². The van der Waals surface area contributed by atoms with E-state index < -0.39 is 0 Å². The largest absolute Gasteiger partial charge is 0.396 e. The van der Waals surface area contributed by atoms with Gasteiger partial charge in [0.05, 0.1) is 0 Å². The number of aliphatic hydroxyl groups is 1. The number of unbranched alkanes of at least 4 members (excludes halogenated alkanes) is 4. The van der Waals surface area contributed by atoms with E-state index >= 15 is 0 Å². The third kappa shape index (κ3) is 9.96. The standard InChI is InChI=1S/C11H26N2O/c12-9-5-1-3-7-11(13)8-4-2-6-10-14/h11,14H,1-10,12-13H2. The second-order valence-electron chi connectivity index (χ2n) is 3.97. The molecule has 0 aromatic carbocycles. The summed E-state index contributed by atoms with van der Waals surface area (Å²) in [5, 5.41) is 8.59. The summed E-state index contributed by atoms with van der Waals surface area (Å²) in [6.45, 7) is 1.11. The Morgan fingerprint density at radius 1 is 0.857 bits per heavy atom. The van der Waals surface area contributed by atoms with Crippen molar-refractivity contribution < 1.29 is 5.11 Å². The molecule has 14 heavy (non-hydrogen) atoms. The van der Waals surface area contributed by atoms with Crippen LogP contribution in [0.1, 0.15) is 51.4 Å². The molecule has 0 rings (SSSR count). The predicted molar refractivity (Wildman–Crippen MR) is 61.1 cm³/mol. The molecule has 5 N–H and O–H groups in total. The highest BCUT2D eigenvalue weighted by Crippen LogP contribution is 2.08. The molecular weight excluding hydrogens is 176 g/mol. The van der Waals surface area contributed by atoms with Gasteiger partial charge in [0, 0.05) is 12.6 Å². The van der Waals surface area contributed by atoms with Gasteiger partial charge in [0.1, 0.15) is 0 Å². The van der Waals surface area contributed by atoms with Crippen molar-refractivity contribution in [3.05, 3.63) is 0 Å². The first-order valence-corrected chi connectivity index (χ1v) is 5.87. The highest BCUT2D eigenvalue weighted by atomic mass is 16.2. The van der Waals surface area contributed by atoms with Crippen LogP contribution in [0.3, 0.4) is 0 Å². The summed E-state index contributed by atoms with van der Waals surface area (Å²) in [7, 11) is 0. The molecule has 0 amide bonds. The fourth-order valence-electron chi connectivity index (χ4n) is 1.57. The van der Waals surface area contributed by atoms with Gasteiger partial charge < -0.3 is 16.6 Å². The van der Waals surface area contributed by atoms with Gasteiger partial charge in [-0.05, 0) is 32.2 Å². The molecule has 0 spiro atoms. The zero-order valence-electron chi connectivity index (χ0n) is 9.25. The van der Waals surface area contributed by atoms with Gasteiger partial charge in [-0.3, -0.25) is 0 Å². The predicted octanol–water partition coefficient (Wildman–Crippen LogP) is 1.39. The Hall–Kier alpha value is -0.120. The smallest absolute Gasteiger partial charge is 0.0431 e. The van der Waals surface area contributed by atoms with Gasteiger partial charge in [-0.15, -0.1) is 0 Å². The first kappa shape index (κ1) is 13.9. The monoisotopic (exact) mass is 202 g/mol. The van der Waals surface area contributed by atoms with Crippen LogP contribution in [0.5, 0.6) is 0 Å². The van der Waals surface area contributed by atoms with Gasteiger partial charge in [-0.1, -0.05) is 25.7 Å². The molecule has 0 bridgehead atoms. The lowest BCUT2D eigenvalue weighted by Crippen LogP contribution is -2.19. The van der Waals surface area contributed by atoms with Gasteiger partial charge in [-0.25, -0.2) is 0 Å². The van der Waals surface area contributed by atoms with Crippen molar-refractivity contribution in [2.24, 2.45) is 11.5 Å². The Kier molecular flexibility index (Phi) is 10.9. The molecule has 0 aliphatic carbocycles. The maximum Gasteiger partial charge on any atom is 0.0431 e. The Labute approximate surface area is 87.9 Å². The molecule has 0 aliphatic heterocycles. The van der Waals surface area contributed by atoms with E-state index in [0.717, 1.165) is 45.1 Å². The van der Waals surface area contributed by atoms with Crippen LogP contribution >= 0.6 is 0 Å². The highest BCUT2D eigenvalue weighted by Gasteiger charge is 2.01. The van der Waals surface area contributed by atoms with E-state index in [1.54, 1.807) is 0 Å². The van der Waals surface area contributed by atoms with Crippen molar-refractivity contribution in [2.75, 3.05) is 13.2 Å². The molecule has 0 heterocycles. The lowest BCUT2D eigenvalue weighted by Gasteiger charge is -2.10. The SMILES string of the molecule is NCCCCCC(N)CCCCCO. The molecule has 1 unspecified atom stereocenters. The van der Waals surface area contributed by atoms with Crippen LogP contribution in [0.25, 0.3) is 0 Å². The van der Waals surface area contributed by atoms with Crippen LogP contribution in [0.2, 0.25) is 0 Å². The van der Waals surface area contributed by atoms with Crippen molar-refractivity contribution >= 4 is 0 Å². The maximum absolute atomic E-state index is 8.59. The van der Waals surface area contributed by atoms with E-state index in [9.17, 15) is 0 Å². The molecule has 0 aromatic heterocycles. The summed E-state index contributed by atoms with van der Waals surface area (Å²) in [6, 6.07) is 0.353. The van der Waals surface area contributed by atoms with Crippen molar-refractivity contribution in [1.29, 1.82) is 0 Å². The van der Waals surface area contributed by atoms with Crippen LogP contribution in [-0.2, 0) is 0 Å². The molecule has 0 fully saturated rings. The number of rotatable bonds is 10. The molecule has 86 valence electrons. The van der Waals surface area contributed by atoms with Gasteiger partial charge in [0.2, 0.25) is 0 Å². The minimum absolute atomic E-state index is 0.311. The summed E-state index contributed by atoms with van der Waals surface area (Å²) < 4.78 is 0. The molecule has 3 heteroatoms. The molecule has 3 nitrogen and oxygen atoms in total. The zero-order valence-corrected chi connectivity index (χ0v) is 9.25.